The largest absolute Gasteiger partial charge is 0.355 e. The van der Waals surface area contributed by atoms with Crippen LogP contribution in [0.25, 0.3) is 0 Å². The SMILES string of the molecule is CCCNC(=O)CNC(=O)c1ccc(C#CCN)s1. The van der Waals surface area contributed by atoms with E-state index >= 15 is 0 Å². The van der Waals surface area contributed by atoms with Crippen molar-refractivity contribution in [1.82, 2.24) is 10.6 Å². The zero-order valence-electron chi connectivity index (χ0n) is 10.8. The zero-order chi connectivity index (χ0) is 14.1. The molecule has 102 valence electrons. The van der Waals surface area contributed by atoms with Crippen LogP contribution in [0.3, 0.4) is 0 Å². The Bertz CT molecular complexity index is 499. The van der Waals surface area contributed by atoms with Crippen molar-refractivity contribution < 1.29 is 9.59 Å². The number of nitrogens with one attached hydrogen (secondary N) is 2. The summed E-state index contributed by atoms with van der Waals surface area (Å²) in [5.41, 5.74) is 5.27. The summed E-state index contributed by atoms with van der Waals surface area (Å²) in [4.78, 5) is 24.4. The fraction of sp³-hybridized carbons (Fsp3) is 0.385. The van der Waals surface area contributed by atoms with Gasteiger partial charge in [0, 0.05) is 6.54 Å². The maximum absolute atomic E-state index is 11.8. The molecule has 0 spiro atoms. The minimum atomic E-state index is -0.266. The number of rotatable bonds is 5. The van der Waals surface area contributed by atoms with Crippen LogP contribution in [-0.4, -0.2) is 31.4 Å². The second-order valence-corrected chi connectivity index (χ2v) is 4.79. The first kappa shape index (κ1) is 15.2. The smallest absolute Gasteiger partial charge is 0.261 e. The van der Waals surface area contributed by atoms with Crippen LogP contribution in [-0.2, 0) is 4.79 Å². The summed E-state index contributed by atoms with van der Waals surface area (Å²) in [6.45, 7) is 2.86. The molecule has 5 nitrogen and oxygen atoms in total. The van der Waals surface area contributed by atoms with Gasteiger partial charge in [-0.05, 0) is 18.6 Å². The van der Waals surface area contributed by atoms with E-state index in [1.807, 2.05) is 6.92 Å². The summed E-state index contributed by atoms with van der Waals surface area (Å²) in [5.74, 6) is 5.13. The van der Waals surface area contributed by atoms with Crippen molar-refractivity contribution in [2.45, 2.75) is 13.3 Å². The van der Waals surface area contributed by atoms with Crippen LogP contribution < -0.4 is 16.4 Å². The molecule has 0 aromatic carbocycles. The monoisotopic (exact) mass is 279 g/mol. The standard InChI is InChI=1S/C13H17N3O2S/c1-2-8-15-12(17)9-16-13(18)11-6-5-10(19-11)4-3-7-14/h5-6H,2,7-9,14H2,1H3,(H,15,17)(H,16,18). The lowest BCUT2D eigenvalue weighted by Gasteiger charge is -2.04. The Morgan fingerprint density at radius 2 is 2.16 bits per heavy atom. The van der Waals surface area contributed by atoms with Gasteiger partial charge in [0.15, 0.2) is 0 Å². The molecular formula is C13H17N3O2S. The van der Waals surface area contributed by atoms with Crippen LogP contribution in [0.4, 0.5) is 0 Å². The minimum Gasteiger partial charge on any atom is -0.355 e. The Hall–Kier alpha value is -1.84. The van der Waals surface area contributed by atoms with Gasteiger partial charge in [-0.3, -0.25) is 9.59 Å². The summed E-state index contributed by atoms with van der Waals surface area (Å²) in [6, 6.07) is 3.45. The van der Waals surface area contributed by atoms with Gasteiger partial charge >= 0.3 is 0 Å². The first-order valence-electron chi connectivity index (χ1n) is 6.01. The molecule has 0 aliphatic rings. The highest BCUT2D eigenvalue weighted by atomic mass is 32.1. The van der Waals surface area contributed by atoms with Gasteiger partial charge in [-0.25, -0.2) is 0 Å². The van der Waals surface area contributed by atoms with E-state index in [1.165, 1.54) is 11.3 Å². The fourth-order valence-electron chi connectivity index (χ4n) is 1.24. The second-order valence-electron chi connectivity index (χ2n) is 3.70. The van der Waals surface area contributed by atoms with Gasteiger partial charge in [0.1, 0.15) is 0 Å². The van der Waals surface area contributed by atoms with Gasteiger partial charge < -0.3 is 16.4 Å². The van der Waals surface area contributed by atoms with Crippen LogP contribution in [0, 0.1) is 11.8 Å². The van der Waals surface area contributed by atoms with E-state index in [2.05, 4.69) is 22.5 Å². The van der Waals surface area contributed by atoms with Gasteiger partial charge in [0.25, 0.3) is 5.91 Å². The number of hydrogen-bond acceptors (Lipinski definition) is 4. The highest BCUT2D eigenvalue weighted by Gasteiger charge is 2.09. The summed E-state index contributed by atoms with van der Waals surface area (Å²) in [6.07, 6.45) is 0.869. The third-order valence-electron chi connectivity index (χ3n) is 2.13. The summed E-state index contributed by atoms with van der Waals surface area (Å²) in [5, 5.41) is 5.25. The molecule has 0 saturated heterocycles. The van der Waals surface area contributed by atoms with Crippen LogP contribution in [0.15, 0.2) is 12.1 Å². The van der Waals surface area contributed by atoms with Gasteiger partial charge in [-0.15, -0.1) is 11.3 Å². The van der Waals surface area contributed by atoms with Crippen LogP contribution >= 0.6 is 11.3 Å². The number of hydrogen-bond donors (Lipinski definition) is 3. The van der Waals surface area contributed by atoms with Crippen LogP contribution in [0.5, 0.6) is 0 Å². The van der Waals surface area contributed by atoms with E-state index in [1.54, 1.807) is 12.1 Å². The number of nitrogens with two attached hydrogens (primary N) is 1. The Morgan fingerprint density at radius 3 is 2.84 bits per heavy atom. The Labute approximate surface area is 116 Å². The third-order valence-corrected chi connectivity index (χ3v) is 3.12. The van der Waals surface area contributed by atoms with Crippen LogP contribution in [0.1, 0.15) is 27.9 Å². The first-order valence-corrected chi connectivity index (χ1v) is 6.82. The lowest BCUT2D eigenvalue weighted by molar-refractivity contribution is -0.120. The summed E-state index contributed by atoms with van der Waals surface area (Å²) in [7, 11) is 0. The summed E-state index contributed by atoms with van der Waals surface area (Å²) < 4.78 is 0. The van der Waals surface area contributed by atoms with Crippen molar-refractivity contribution in [1.29, 1.82) is 0 Å². The molecule has 1 rings (SSSR count). The quantitative estimate of drug-likeness (QED) is 0.678. The topological polar surface area (TPSA) is 84.2 Å². The molecule has 0 saturated carbocycles. The molecule has 19 heavy (non-hydrogen) atoms. The first-order chi connectivity index (χ1) is 9.17. The lowest BCUT2D eigenvalue weighted by atomic mass is 10.4. The average Bonchev–Trinajstić information content (AvgIpc) is 2.89. The molecule has 0 fully saturated rings. The fourth-order valence-corrected chi connectivity index (χ4v) is 2.04. The maximum Gasteiger partial charge on any atom is 0.261 e. The van der Waals surface area contributed by atoms with Gasteiger partial charge in [0.05, 0.1) is 22.8 Å². The van der Waals surface area contributed by atoms with Gasteiger partial charge in [-0.1, -0.05) is 18.8 Å². The molecular weight excluding hydrogens is 262 g/mol. The van der Waals surface area contributed by atoms with Gasteiger partial charge in [0.2, 0.25) is 5.91 Å². The molecule has 0 atom stereocenters. The van der Waals surface area contributed by atoms with Crippen molar-refractivity contribution >= 4 is 23.2 Å². The molecule has 6 heteroatoms. The predicted molar refractivity (Wildman–Crippen MR) is 75.9 cm³/mol. The minimum absolute atomic E-state index is 0.0133. The molecule has 0 bridgehead atoms. The summed E-state index contributed by atoms with van der Waals surface area (Å²) >= 11 is 1.28. The average molecular weight is 279 g/mol. The number of thiophene rings is 1. The lowest BCUT2D eigenvalue weighted by Crippen LogP contribution is -2.36. The highest BCUT2D eigenvalue weighted by molar-refractivity contribution is 7.14. The molecule has 1 aromatic rings. The van der Waals surface area contributed by atoms with Crippen molar-refractivity contribution in [2.75, 3.05) is 19.6 Å². The predicted octanol–water partition coefficient (Wildman–Crippen LogP) is 0.314. The van der Waals surface area contributed by atoms with E-state index in [0.717, 1.165) is 11.3 Å². The molecule has 0 aliphatic heterocycles. The zero-order valence-corrected chi connectivity index (χ0v) is 11.6. The molecule has 0 aliphatic carbocycles. The molecule has 2 amide bonds. The van der Waals surface area contributed by atoms with Crippen molar-refractivity contribution in [3.63, 3.8) is 0 Å². The molecule has 1 heterocycles. The Kier molecular flexibility index (Phi) is 6.64. The molecule has 0 radical (unpaired) electrons. The molecule has 1 aromatic heterocycles. The highest BCUT2D eigenvalue weighted by Crippen LogP contribution is 2.14. The second kappa shape index (κ2) is 8.29. The van der Waals surface area contributed by atoms with E-state index in [9.17, 15) is 9.59 Å². The third kappa shape index (κ3) is 5.55. The normalized spacial score (nSPS) is 9.37. The molecule has 0 unspecified atom stereocenters. The van der Waals surface area contributed by atoms with Crippen molar-refractivity contribution in [3.8, 4) is 11.8 Å². The van der Waals surface area contributed by atoms with E-state index in [4.69, 9.17) is 5.73 Å². The van der Waals surface area contributed by atoms with Crippen molar-refractivity contribution in [2.24, 2.45) is 5.73 Å². The van der Waals surface area contributed by atoms with Crippen molar-refractivity contribution in [3.05, 3.63) is 21.9 Å². The number of carbonyl (C=O) groups is 2. The van der Waals surface area contributed by atoms with E-state index in [-0.39, 0.29) is 24.9 Å². The number of amides is 2. The van der Waals surface area contributed by atoms with Crippen LogP contribution in [0.2, 0.25) is 0 Å². The number of carbonyl (C=O) groups excluding carboxylic acids is 2. The Morgan fingerprint density at radius 1 is 1.37 bits per heavy atom. The Balaban J connectivity index is 2.45. The molecule has 4 N–H and O–H groups in total. The van der Waals surface area contributed by atoms with Gasteiger partial charge in [-0.2, -0.15) is 0 Å². The van der Waals surface area contributed by atoms with E-state index < -0.39 is 0 Å². The van der Waals surface area contributed by atoms with E-state index in [0.29, 0.717) is 11.4 Å². The maximum atomic E-state index is 11.8.